The van der Waals surface area contributed by atoms with Gasteiger partial charge in [0.15, 0.2) is 0 Å². The summed E-state index contributed by atoms with van der Waals surface area (Å²) >= 11 is 0. The molecule has 0 aliphatic heterocycles. The van der Waals surface area contributed by atoms with Crippen molar-refractivity contribution in [2.45, 2.75) is 19.6 Å². The van der Waals surface area contributed by atoms with E-state index in [4.69, 9.17) is 9.57 Å². The number of ether oxygens (including phenoxy) is 1. The summed E-state index contributed by atoms with van der Waals surface area (Å²) in [7, 11) is 3.09. The zero-order chi connectivity index (χ0) is 11.3. The van der Waals surface area contributed by atoms with E-state index in [1.165, 1.54) is 14.0 Å². The summed E-state index contributed by atoms with van der Waals surface area (Å²) in [5.41, 5.74) is 4.10. The van der Waals surface area contributed by atoms with E-state index < -0.39 is 6.17 Å². The van der Waals surface area contributed by atoms with E-state index in [1.54, 1.807) is 25.3 Å². The van der Waals surface area contributed by atoms with Crippen LogP contribution in [0, 0.1) is 0 Å². The first kappa shape index (κ1) is 11.9. The van der Waals surface area contributed by atoms with Gasteiger partial charge in [0.2, 0.25) is 0 Å². The molecule has 1 aromatic rings. The summed E-state index contributed by atoms with van der Waals surface area (Å²) in [6.45, 7) is 1.93. The Morgan fingerprint density at radius 3 is 2.67 bits per heavy atom. The lowest BCUT2D eigenvalue weighted by molar-refractivity contribution is 0.0856. The molecular weight excluding hydrogens is 197 g/mol. The molecule has 0 bridgehead atoms. The van der Waals surface area contributed by atoms with Gasteiger partial charge in [-0.2, -0.15) is 5.48 Å². The van der Waals surface area contributed by atoms with Gasteiger partial charge in [-0.25, -0.2) is 4.39 Å². The van der Waals surface area contributed by atoms with Crippen molar-refractivity contribution in [3.63, 3.8) is 0 Å². The molecule has 1 aromatic carbocycles. The van der Waals surface area contributed by atoms with Crippen LogP contribution in [-0.2, 0) is 11.4 Å². The Morgan fingerprint density at radius 1 is 1.40 bits per heavy atom. The highest BCUT2D eigenvalue weighted by atomic mass is 19.1. The van der Waals surface area contributed by atoms with Crippen LogP contribution in [0.1, 0.15) is 24.2 Å². The summed E-state index contributed by atoms with van der Waals surface area (Å²) in [4.78, 5) is 4.75. The van der Waals surface area contributed by atoms with Gasteiger partial charge < -0.3 is 9.57 Å². The van der Waals surface area contributed by atoms with Crippen molar-refractivity contribution in [2.75, 3.05) is 14.2 Å². The van der Waals surface area contributed by atoms with E-state index in [0.717, 1.165) is 5.56 Å². The highest BCUT2D eigenvalue weighted by Gasteiger charge is 2.13. The number of hydrogen-bond acceptors (Lipinski definition) is 3. The minimum Gasteiger partial charge on any atom is -0.496 e. The van der Waals surface area contributed by atoms with Crippen molar-refractivity contribution < 1.29 is 14.0 Å². The lowest BCUT2D eigenvalue weighted by Crippen LogP contribution is -2.13. The first-order valence-electron chi connectivity index (χ1n) is 4.76. The zero-order valence-electron chi connectivity index (χ0n) is 9.21. The second kappa shape index (κ2) is 5.68. The quantitative estimate of drug-likeness (QED) is 0.762. The van der Waals surface area contributed by atoms with Gasteiger partial charge in [0.25, 0.3) is 0 Å². The molecule has 0 saturated heterocycles. The number of hydrogen-bond donors (Lipinski definition) is 1. The Hall–Kier alpha value is -1.13. The number of rotatable bonds is 5. The lowest BCUT2D eigenvalue weighted by Gasteiger charge is -2.14. The van der Waals surface area contributed by atoms with Gasteiger partial charge in [-0.3, -0.25) is 0 Å². The van der Waals surface area contributed by atoms with Gasteiger partial charge in [0.1, 0.15) is 11.9 Å². The standard InChI is InChI=1S/C11H16FNO2/c1-8(12)9-5-4-6-11(14-2)10(9)7-13-15-3/h4-6,8,13H,7H2,1-3H3. The maximum absolute atomic E-state index is 13.3. The molecule has 0 aliphatic carbocycles. The Balaban J connectivity index is 3.03. The average molecular weight is 213 g/mol. The van der Waals surface area contributed by atoms with Gasteiger partial charge in [0, 0.05) is 5.56 Å². The Kier molecular flexibility index (Phi) is 4.52. The Morgan fingerprint density at radius 2 is 2.13 bits per heavy atom. The molecule has 15 heavy (non-hydrogen) atoms. The monoisotopic (exact) mass is 213 g/mol. The summed E-state index contributed by atoms with van der Waals surface area (Å²) < 4.78 is 18.5. The molecule has 0 heterocycles. The summed E-state index contributed by atoms with van der Waals surface area (Å²) in [5, 5.41) is 0. The average Bonchev–Trinajstić information content (AvgIpc) is 2.25. The third kappa shape index (κ3) is 2.91. The Labute approximate surface area is 89.2 Å². The van der Waals surface area contributed by atoms with E-state index in [-0.39, 0.29) is 0 Å². The number of nitrogens with one attached hydrogen (secondary N) is 1. The maximum Gasteiger partial charge on any atom is 0.123 e. The second-order valence-electron chi connectivity index (χ2n) is 3.17. The van der Waals surface area contributed by atoms with Crippen molar-refractivity contribution in [3.05, 3.63) is 29.3 Å². The van der Waals surface area contributed by atoms with E-state index >= 15 is 0 Å². The maximum atomic E-state index is 13.3. The molecule has 0 radical (unpaired) electrons. The molecule has 1 rings (SSSR count). The van der Waals surface area contributed by atoms with Gasteiger partial charge in [-0.05, 0) is 18.6 Å². The SMILES string of the molecule is CONCc1c(OC)cccc1C(C)F. The molecule has 0 spiro atoms. The van der Waals surface area contributed by atoms with Crippen LogP contribution in [0.5, 0.6) is 5.75 Å². The first-order chi connectivity index (χ1) is 7.20. The van der Waals surface area contributed by atoms with Crippen LogP contribution in [0.3, 0.4) is 0 Å². The minimum atomic E-state index is -1.02. The molecule has 1 atom stereocenters. The van der Waals surface area contributed by atoms with Gasteiger partial charge in [-0.15, -0.1) is 0 Å². The smallest absolute Gasteiger partial charge is 0.123 e. The van der Waals surface area contributed by atoms with Crippen molar-refractivity contribution >= 4 is 0 Å². The van der Waals surface area contributed by atoms with Gasteiger partial charge in [0.05, 0.1) is 20.8 Å². The molecular formula is C11H16FNO2. The van der Waals surface area contributed by atoms with Crippen LogP contribution in [0.4, 0.5) is 4.39 Å². The van der Waals surface area contributed by atoms with Gasteiger partial charge in [-0.1, -0.05) is 12.1 Å². The third-order valence-electron chi connectivity index (χ3n) is 2.21. The fourth-order valence-electron chi connectivity index (χ4n) is 1.48. The first-order valence-corrected chi connectivity index (χ1v) is 4.76. The van der Waals surface area contributed by atoms with E-state index in [0.29, 0.717) is 17.9 Å². The van der Waals surface area contributed by atoms with Crippen LogP contribution in [0.2, 0.25) is 0 Å². The highest BCUT2D eigenvalue weighted by molar-refractivity contribution is 5.41. The van der Waals surface area contributed by atoms with Crippen molar-refractivity contribution in [1.29, 1.82) is 0 Å². The van der Waals surface area contributed by atoms with Crippen LogP contribution in [-0.4, -0.2) is 14.2 Å². The summed E-state index contributed by atoms with van der Waals surface area (Å²) in [6.07, 6.45) is -1.02. The van der Waals surface area contributed by atoms with Gasteiger partial charge >= 0.3 is 0 Å². The van der Waals surface area contributed by atoms with Crippen LogP contribution >= 0.6 is 0 Å². The molecule has 0 amide bonds. The zero-order valence-corrected chi connectivity index (χ0v) is 9.21. The van der Waals surface area contributed by atoms with E-state index in [2.05, 4.69) is 5.48 Å². The van der Waals surface area contributed by atoms with E-state index in [1.807, 2.05) is 0 Å². The number of hydroxylamine groups is 1. The van der Waals surface area contributed by atoms with Crippen molar-refractivity contribution in [1.82, 2.24) is 5.48 Å². The minimum absolute atomic E-state index is 0.421. The largest absolute Gasteiger partial charge is 0.496 e. The lowest BCUT2D eigenvalue weighted by atomic mass is 10.0. The van der Waals surface area contributed by atoms with Crippen LogP contribution in [0.25, 0.3) is 0 Å². The molecule has 4 heteroatoms. The molecule has 0 saturated carbocycles. The number of methoxy groups -OCH3 is 1. The molecule has 0 aromatic heterocycles. The second-order valence-corrected chi connectivity index (χ2v) is 3.17. The highest BCUT2D eigenvalue weighted by Crippen LogP contribution is 2.28. The normalized spacial score (nSPS) is 12.5. The molecule has 1 unspecified atom stereocenters. The van der Waals surface area contributed by atoms with Crippen molar-refractivity contribution in [3.8, 4) is 5.75 Å². The molecule has 3 nitrogen and oxygen atoms in total. The predicted octanol–water partition coefficient (Wildman–Crippen LogP) is 2.38. The van der Waals surface area contributed by atoms with Crippen LogP contribution in [0.15, 0.2) is 18.2 Å². The topological polar surface area (TPSA) is 30.5 Å². The number of halogens is 1. The molecule has 84 valence electrons. The molecule has 1 N–H and O–H groups in total. The number of benzene rings is 1. The number of alkyl halides is 1. The van der Waals surface area contributed by atoms with E-state index in [9.17, 15) is 4.39 Å². The predicted molar refractivity (Wildman–Crippen MR) is 56.4 cm³/mol. The third-order valence-corrected chi connectivity index (χ3v) is 2.21. The van der Waals surface area contributed by atoms with Crippen LogP contribution < -0.4 is 10.2 Å². The fourth-order valence-corrected chi connectivity index (χ4v) is 1.48. The fraction of sp³-hybridized carbons (Fsp3) is 0.455. The van der Waals surface area contributed by atoms with Crippen molar-refractivity contribution in [2.24, 2.45) is 0 Å². The summed E-state index contributed by atoms with van der Waals surface area (Å²) in [5.74, 6) is 0.668. The molecule has 0 aliphatic rings. The molecule has 0 fully saturated rings. The Bertz CT molecular complexity index is 315. The summed E-state index contributed by atoms with van der Waals surface area (Å²) in [6, 6.07) is 5.33.